The molecule has 0 saturated carbocycles. The second-order valence-corrected chi connectivity index (χ2v) is 6.40. The molecule has 0 amide bonds. The third kappa shape index (κ3) is 3.80. The van der Waals surface area contributed by atoms with Crippen LogP contribution in [0, 0.1) is 0 Å². The van der Waals surface area contributed by atoms with Crippen molar-refractivity contribution in [3.63, 3.8) is 0 Å². The maximum absolute atomic E-state index is 12.3. The fourth-order valence-corrected chi connectivity index (χ4v) is 2.98. The maximum Gasteiger partial charge on any atom is 0.242 e. The van der Waals surface area contributed by atoms with Gasteiger partial charge in [-0.15, -0.1) is 0 Å². The Bertz CT molecular complexity index is 472. The fraction of sp³-hybridized carbons (Fsp3) is 0.538. The topological polar surface area (TPSA) is 49.4 Å². The summed E-state index contributed by atoms with van der Waals surface area (Å²) in [7, 11) is 0.130. The molecule has 1 aromatic rings. The van der Waals surface area contributed by atoms with E-state index >= 15 is 0 Å². The number of hydrogen-bond acceptors (Lipinski definition) is 3. The maximum atomic E-state index is 12.3. The Balaban J connectivity index is 2.93. The van der Waals surface area contributed by atoms with E-state index in [9.17, 15) is 8.42 Å². The minimum atomic E-state index is -3.35. The van der Waals surface area contributed by atoms with Crippen molar-refractivity contribution in [2.45, 2.75) is 31.2 Å². The van der Waals surface area contributed by atoms with E-state index in [2.05, 4.69) is 5.32 Å². The van der Waals surface area contributed by atoms with Crippen molar-refractivity contribution < 1.29 is 8.42 Å². The minimum absolute atomic E-state index is 0.369. The average Bonchev–Trinajstić information content (AvgIpc) is 2.36. The molecule has 1 rings (SSSR count). The molecule has 0 aliphatic heterocycles. The molecule has 0 atom stereocenters. The molecular formula is C13H22N2O2S. The summed E-state index contributed by atoms with van der Waals surface area (Å²) in [5, 5.41) is 3.02. The first-order valence-electron chi connectivity index (χ1n) is 6.22. The lowest BCUT2D eigenvalue weighted by atomic mass is 10.2. The van der Waals surface area contributed by atoms with Gasteiger partial charge in [-0.25, -0.2) is 12.7 Å². The van der Waals surface area contributed by atoms with Crippen LogP contribution in [0.25, 0.3) is 0 Å². The molecule has 1 N–H and O–H groups in total. The second kappa shape index (κ2) is 6.87. The molecule has 102 valence electrons. The van der Waals surface area contributed by atoms with Crippen molar-refractivity contribution in [1.82, 2.24) is 9.62 Å². The highest BCUT2D eigenvalue weighted by molar-refractivity contribution is 7.89. The fourth-order valence-electron chi connectivity index (χ4n) is 1.70. The lowest BCUT2D eigenvalue weighted by Gasteiger charge is -2.17. The van der Waals surface area contributed by atoms with Crippen molar-refractivity contribution in [1.29, 1.82) is 0 Å². The summed E-state index contributed by atoms with van der Waals surface area (Å²) in [6, 6.07) is 7.08. The molecular weight excluding hydrogens is 248 g/mol. The molecule has 0 aliphatic carbocycles. The van der Waals surface area contributed by atoms with Gasteiger partial charge in [0.1, 0.15) is 0 Å². The zero-order chi connectivity index (χ0) is 13.6. The van der Waals surface area contributed by atoms with Crippen LogP contribution in [0.5, 0.6) is 0 Å². The number of sulfonamides is 1. The first-order chi connectivity index (χ1) is 8.52. The summed E-state index contributed by atoms with van der Waals surface area (Å²) < 4.78 is 26.0. The van der Waals surface area contributed by atoms with E-state index < -0.39 is 10.0 Å². The third-order valence-corrected chi connectivity index (χ3v) is 4.67. The van der Waals surface area contributed by atoms with Gasteiger partial charge in [-0.1, -0.05) is 25.5 Å². The van der Waals surface area contributed by atoms with Gasteiger partial charge in [0.25, 0.3) is 0 Å². The highest BCUT2D eigenvalue weighted by atomic mass is 32.2. The van der Waals surface area contributed by atoms with Gasteiger partial charge in [0.05, 0.1) is 4.90 Å². The molecule has 0 aromatic heterocycles. The first kappa shape index (κ1) is 15.1. The van der Waals surface area contributed by atoms with E-state index in [0.717, 1.165) is 18.4 Å². The number of hydrogen-bond donors (Lipinski definition) is 1. The van der Waals surface area contributed by atoms with Gasteiger partial charge in [-0.3, -0.25) is 0 Å². The van der Waals surface area contributed by atoms with Gasteiger partial charge < -0.3 is 5.32 Å². The molecule has 0 spiro atoms. The molecule has 1 aromatic carbocycles. The van der Waals surface area contributed by atoms with Gasteiger partial charge in [-0.2, -0.15) is 0 Å². The molecule has 4 nitrogen and oxygen atoms in total. The molecule has 0 saturated heterocycles. The lowest BCUT2D eigenvalue weighted by Crippen LogP contribution is -2.28. The highest BCUT2D eigenvalue weighted by Crippen LogP contribution is 2.16. The number of nitrogens with one attached hydrogen (secondary N) is 1. The second-order valence-electron chi connectivity index (χ2n) is 4.36. The Morgan fingerprint density at radius 3 is 2.67 bits per heavy atom. The van der Waals surface area contributed by atoms with Crippen LogP contribution in [0.3, 0.4) is 0 Å². The van der Waals surface area contributed by atoms with Crippen LogP contribution in [-0.2, 0) is 16.6 Å². The van der Waals surface area contributed by atoms with Crippen molar-refractivity contribution in [2.24, 2.45) is 0 Å². The lowest BCUT2D eigenvalue weighted by molar-refractivity contribution is 0.459. The molecule has 5 heteroatoms. The van der Waals surface area contributed by atoms with Gasteiger partial charge >= 0.3 is 0 Å². The molecule has 0 radical (unpaired) electrons. The number of benzene rings is 1. The van der Waals surface area contributed by atoms with Crippen LogP contribution in [0.15, 0.2) is 29.2 Å². The van der Waals surface area contributed by atoms with E-state index in [1.54, 1.807) is 25.2 Å². The highest BCUT2D eigenvalue weighted by Gasteiger charge is 2.20. The minimum Gasteiger partial charge on any atom is -0.316 e. The van der Waals surface area contributed by atoms with Gasteiger partial charge in [0.2, 0.25) is 10.0 Å². The Morgan fingerprint density at radius 1 is 1.33 bits per heavy atom. The van der Waals surface area contributed by atoms with Crippen molar-refractivity contribution in [2.75, 3.05) is 20.6 Å². The van der Waals surface area contributed by atoms with Crippen LogP contribution < -0.4 is 5.32 Å². The van der Waals surface area contributed by atoms with Crippen LogP contribution in [0.2, 0.25) is 0 Å². The summed E-state index contributed by atoms with van der Waals surface area (Å²) >= 11 is 0. The van der Waals surface area contributed by atoms with Gasteiger partial charge in [0.15, 0.2) is 0 Å². The zero-order valence-corrected chi connectivity index (χ0v) is 12.1. The third-order valence-electron chi connectivity index (χ3n) is 2.81. The Labute approximate surface area is 110 Å². The summed E-state index contributed by atoms with van der Waals surface area (Å²) in [6.07, 6.45) is 1.87. The van der Waals surface area contributed by atoms with E-state index in [4.69, 9.17) is 0 Å². The van der Waals surface area contributed by atoms with Gasteiger partial charge in [0, 0.05) is 20.1 Å². The normalized spacial score (nSPS) is 12.0. The average molecular weight is 270 g/mol. The zero-order valence-electron chi connectivity index (χ0n) is 11.3. The van der Waals surface area contributed by atoms with Crippen LogP contribution >= 0.6 is 0 Å². The number of unbranched alkanes of at least 4 members (excludes halogenated alkanes) is 1. The standard InChI is InChI=1S/C13H22N2O2S/c1-4-5-9-15(3)18(16,17)13-8-6-7-12(10-13)11-14-2/h6-8,10,14H,4-5,9,11H2,1-3H3. The van der Waals surface area contributed by atoms with E-state index in [0.29, 0.717) is 18.0 Å². The Hall–Kier alpha value is -0.910. The Morgan fingerprint density at radius 2 is 2.06 bits per heavy atom. The molecule has 0 unspecified atom stereocenters. The van der Waals surface area contributed by atoms with E-state index in [1.165, 1.54) is 4.31 Å². The van der Waals surface area contributed by atoms with E-state index in [-0.39, 0.29) is 0 Å². The molecule has 18 heavy (non-hydrogen) atoms. The molecule has 0 aliphatic rings. The summed E-state index contributed by atoms with van der Waals surface area (Å²) in [5.74, 6) is 0. The molecule has 0 heterocycles. The summed E-state index contributed by atoms with van der Waals surface area (Å²) in [6.45, 7) is 3.28. The smallest absolute Gasteiger partial charge is 0.242 e. The summed E-state index contributed by atoms with van der Waals surface area (Å²) in [5.41, 5.74) is 0.975. The first-order valence-corrected chi connectivity index (χ1v) is 7.66. The van der Waals surface area contributed by atoms with Crippen molar-refractivity contribution in [3.8, 4) is 0 Å². The largest absolute Gasteiger partial charge is 0.316 e. The molecule has 0 bridgehead atoms. The summed E-state index contributed by atoms with van der Waals surface area (Å²) in [4.78, 5) is 0.369. The number of rotatable bonds is 7. The predicted octanol–water partition coefficient (Wildman–Crippen LogP) is 1.83. The number of nitrogens with zero attached hydrogens (tertiary/aromatic N) is 1. The monoisotopic (exact) mass is 270 g/mol. The van der Waals surface area contributed by atoms with Crippen LogP contribution in [-0.4, -0.2) is 33.4 Å². The van der Waals surface area contributed by atoms with Crippen molar-refractivity contribution in [3.05, 3.63) is 29.8 Å². The van der Waals surface area contributed by atoms with Gasteiger partial charge in [-0.05, 0) is 31.2 Å². The SMILES string of the molecule is CCCCN(C)S(=O)(=O)c1cccc(CNC)c1. The quantitative estimate of drug-likeness (QED) is 0.822. The van der Waals surface area contributed by atoms with Crippen molar-refractivity contribution >= 4 is 10.0 Å². The van der Waals surface area contributed by atoms with E-state index in [1.807, 2.05) is 20.0 Å². The predicted molar refractivity (Wildman–Crippen MR) is 73.9 cm³/mol. The van der Waals surface area contributed by atoms with Crippen LogP contribution in [0.4, 0.5) is 0 Å². The Kier molecular flexibility index (Phi) is 5.78. The molecule has 0 fully saturated rings. The van der Waals surface area contributed by atoms with Crippen LogP contribution in [0.1, 0.15) is 25.3 Å².